The highest BCUT2D eigenvalue weighted by molar-refractivity contribution is 5.89. The molecule has 10 heteroatoms. The van der Waals surface area contributed by atoms with E-state index in [1.165, 1.54) is 11.3 Å². The van der Waals surface area contributed by atoms with E-state index >= 15 is 0 Å². The summed E-state index contributed by atoms with van der Waals surface area (Å²) in [5.74, 6) is 0.608. The quantitative estimate of drug-likeness (QED) is 0.110. The first-order valence-corrected chi connectivity index (χ1v) is 19.0. The predicted molar refractivity (Wildman–Crippen MR) is 207 cm³/mol. The van der Waals surface area contributed by atoms with E-state index in [2.05, 4.69) is 76.7 Å². The summed E-state index contributed by atoms with van der Waals surface area (Å²) in [5.41, 5.74) is 7.29. The van der Waals surface area contributed by atoms with Gasteiger partial charge in [0.2, 0.25) is 11.8 Å². The van der Waals surface area contributed by atoms with E-state index in [4.69, 9.17) is 9.26 Å². The topological polar surface area (TPSA) is 106 Å². The van der Waals surface area contributed by atoms with Crippen molar-refractivity contribution < 1.29 is 18.8 Å². The molecule has 5 rings (SSSR count). The molecule has 10 nitrogen and oxygen atoms in total. The maximum atomic E-state index is 13.3. The molecule has 0 bridgehead atoms. The number of ether oxygens (including phenoxy) is 1. The number of hydrogen-bond donors (Lipinski definition) is 1. The summed E-state index contributed by atoms with van der Waals surface area (Å²) in [5, 5.41) is 7.16. The van der Waals surface area contributed by atoms with Crippen LogP contribution in [0.2, 0.25) is 0 Å². The Morgan fingerprint density at radius 3 is 2.38 bits per heavy atom. The Balaban J connectivity index is 1.09. The lowest BCUT2D eigenvalue weighted by molar-refractivity contribution is -0.141. The molecule has 1 fully saturated rings. The van der Waals surface area contributed by atoms with Gasteiger partial charge in [0.05, 0.1) is 12.0 Å². The van der Waals surface area contributed by atoms with Crippen LogP contribution in [0.15, 0.2) is 65.7 Å². The minimum Gasteiger partial charge on any atom is -0.372 e. The van der Waals surface area contributed by atoms with Crippen molar-refractivity contribution in [3.05, 3.63) is 78.2 Å². The molecule has 4 aromatic rings. The minimum atomic E-state index is -0.559. The number of rotatable bonds is 17. The number of imidazole rings is 1. The zero-order chi connectivity index (χ0) is 37.3. The van der Waals surface area contributed by atoms with Gasteiger partial charge in [0.25, 0.3) is 0 Å². The van der Waals surface area contributed by atoms with E-state index < -0.39 is 6.04 Å². The van der Waals surface area contributed by atoms with Gasteiger partial charge in [-0.25, -0.2) is 4.98 Å². The van der Waals surface area contributed by atoms with Crippen molar-refractivity contribution in [1.29, 1.82) is 0 Å². The molecule has 1 N–H and O–H groups in total. The Hall–Kier alpha value is -4.44. The lowest BCUT2D eigenvalue weighted by Crippen LogP contribution is -2.56. The van der Waals surface area contributed by atoms with Crippen molar-refractivity contribution in [3.8, 4) is 16.8 Å². The third-order valence-electron chi connectivity index (χ3n) is 10.2. The van der Waals surface area contributed by atoms with Gasteiger partial charge in [0.15, 0.2) is 0 Å². The van der Waals surface area contributed by atoms with Gasteiger partial charge in [-0.05, 0) is 100 Å². The van der Waals surface area contributed by atoms with Crippen molar-refractivity contribution >= 4 is 23.2 Å². The Labute approximate surface area is 309 Å². The highest BCUT2D eigenvalue weighted by Gasteiger charge is 2.38. The lowest BCUT2D eigenvalue weighted by atomic mass is 9.85. The van der Waals surface area contributed by atoms with Crippen molar-refractivity contribution in [2.75, 3.05) is 31.2 Å². The summed E-state index contributed by atoms with van der Waals surface area (Å²) < 4.78 is 13.2. The van der Waals surface area contributed by atoms with E-state index in [-0.39, 0.29) is 29.9 Å². The highest BCUT2D eigenvalue weighted by Crippen LogP contribution is 2.36. The van der Waals surface area contributed by atoms with Crippen LogP contribution >= 0.6 is 0 Å². The molecule has 0 unspecified atom stereocenters. The molecule has 52 heavy (non-hydrogen) atoms. The van der Waals surface area contributed by atoms with Crippen LogP contribution in [0, 0.1) is 26.2 Å². The predicted octanol–water partition coefficient (Wildman–Crippen LogP) is 8.49. The van der Waals surface area contributed by atoms with Gasteiger partial charge >= 0.3 is 0 Å². The number of unbranched alkanes of at least 4 members (excludes halogenated alkanes) is 5. The van der Waals surface area contributed by atoms with Crippen LogP contribution in [0.25, 0.3) is 16.8 Å². The van der Waals surface area contributed by atoms with Gasteiger partial charge in [-0.15, -0.1) is 0 Å². The molecule has 3 heterocycles. The minimum absolute atomic E-state index is 0.0121. The molecule has 280 valence electrons. The highest BCUT2D eigenvalue weighted by atomic mass is 16.5. The van der Waals surface area contributed by atoms with Crippen molar-refractivity contribution in [1.82, 2.24) is 24.9 Å². The molecular weight excluding hydrogens is 652 g/mol. The number of amides is 2. The molecular formula is C42H58N6O4. The monoisotopic (exact) mass is 710 g/mol. The standard InChI is InChI=1S/C42H58N6O4/c1-30-16-17-34(39-32(3)45-52-33(39)4)27-37(30)48(36-20-18-35(19-21-36)46-25-22-43-29-46)23-12-10-8-9-11-13-26-51-28-38(49)44-40(42(5,6)7)41(50)47-24-14-15-31(47)2/h16-22,25,27,29,31,40H,8-15,23-24,26,28H2,1-7H3,(H,44,49)/t31-,40-/m1/s1. The van der Waals surface area contributed by atoms with Crippen LogP contribution in [0.3, 0.4) is 0 Å². The van der Waals surface area contributed by atoms with Crippen LogP contribution in [0.4, 0.5) is 11.4 Å². The molecule has 1 saturated heterocycles. The van der Waals surface area contributed by atoms with Crippen molar-refractivity contribution in [2.24, 2.45) is 5.41 Å². The number of nitrogens with zero attached hydrogens (tertiary/aromatic N) is 5. The molecule has 2 aromatic carbocycles. The smallest absolute Gasteiger partial charge is 0.246 e. The molecule has 2 aromatic heterocycles. The van der Waals surface area contributed by atoms with Gasteiger partial charge < -0.3 is 28.9 Å². The summed E-state index contributed by atoms with van der Waals surface area (Å²) in [7, 11) is 0. The Kier molecular flexibility index (Phi) is 13.3. The van der Waals surface area contributed by atoms with Crippen LogP contribution in [0.5, 0.6) is 0 Å². The molecule has 0 aliphatic carbocycles. The largest absolute Gasteiger partial charge is 0.372 e. The van der Waals surface area contributed by atoms with Crippen LogP contribution < -0.4 is 10.2 Å². The fourth-order valence-electron chi connectivity index (χ4n) is 7.18. The first-order chi connectivity index (χ1) is 24.9. The number of aryl methyl sites for hydroxylation is 3. The zero-order valence-electron chi connectivity index (χ0n) is 32.3. The van der Waals surface area contributed by atoms with E-state index in [9.17, 15) is 9.59 Å². The van der Waals surface area contributed by atoms with Gasteiger partial charge in [0.1, 0.15) is 18.4 Å². The first-order valence-electron chi connectivity index (χ1n) is 19.0. The summed E-state index contributed by atoms with van der Waals surface area (Å²) in [6.07, 6.45) is 14.0. The first kappa shape index (κ1) is 38.8. The normalized spacial score (nSPS) is 15.2. The van der Waals surface area contributed by atoms with E-state index in [0.717, 1.165) is 98.4 Å². The molecule has 0 spiro atoms. The number of nitrogens with one attached hydrogen (secondary N) is 1. The number of carbonyl (C=O) groups excluding carboxylic acids is 2. The fraction of sp³-hybridized carbons (Fsp3) is 0.524. The average Bonchev–Trinajstić information content (AvgIpc) is 3.88. The van der Waals surface area contributed by atoms with Gasteiger partial charge in [-0.1, -0.05) is 63.7 Å². The number of benzene rings is 2. The molecule has 1 aliphatic heterocycles. The molecule has 0 saturated carbocycles. The molecule has 2 amide bonds. The van der Waals surface area contributed by atoms with Crippen LogP contribution in [0.1, 0.15) is 96.1 Å². The molecule has 0 radical (unpaired) electrons. The maximum Gasteiger partial charge on any atom is 0.246 e. The van der Waals surface area contributed by atoms with Gasteiger partial charge in [-0.3, -0.25) is 9.59 Å². The second-order valence-electron chi connectivity index (χ2n) is 15.4. The Morgan fingerprint density at radius 1 is 1.02 bits per heavy atom. The second-order valence-corrected chi connectivity index (χ2v) is 15.4. The van der Waals surface area contributed by atoms with Gasteiger partial charge in [0, 0.05) is 60.8 Å². The number of aromatic nitrogens is 3. The van der Waals surface area contributed by atoms with Crippen LogP contribution in [-0.2, 0) is 14.3 Å². The van der Waals surface area contributed by atoms with E-state index in [1.807, 2.05) is 56.6 Å². The number of carbonyl (C=O) groups is 2. The maximum absolute atomic E-state index is 13.3. The number of hydrogen-bond acceptors (Lipinski definition) is 7. The molecule has 1 aliphatic rings. The van der Waals surface area contributed by atoms with Gasteiger partial charge in [-0.2, -0.15) is 0 Å². The van der Waals surface area contributed by atoms with E-state index in [1.54, 1.807) is 6.20 Å². The third-order valence-corrected chi connectivity index (χ3v) is 10.2. The second kappa shape index (κ2) is 17.9. The fourth-order valence-corrected chi connectivity index (χ4v) is 7.18. The molecule has 2 atom stereocenters. The average molecular weight is 711 g/mol. The van der Waals surface area contributed by atoms with Crippen molar-refractivity contribution in [2.45, 2.75) is 112 Å². The number of likely N-dealkylation sites (tertiary alicyclic amines) is 1. The summed E-state index contributed by atoms with van der Waals surface area (Å²) >= 11 is 0. The summed E-state index contributed by atoms with van der Waals surface area (Å²) in [6.45, 7) is 16.4. The van der Waals surface area contributed by atoms with Crippen molar-refractivity contribution in [3.63, 3.8) is 0 Å². The summed E-state index contributed by atoms with van der Waals surface area (Å²) in [4.78, 5) is 34.5. The Bertz CT molecular complexity index is 1720. The van der Waals surface area contributed by atoms with E-state index in [0.29, 0.717) is 6.61 Å². The van der Waals surface area contributed by atoms with Crippen LogP contribution in [-0.4, -0.2) is 69.8 Å². The Morgan fingerprint density at radius 2 is 1.75 bits per heavy atom. The number of anilines is 2. The summed E-state index contributed by atoms with van der Waals surface area (Å²) in [6, 6.07) is 14.9. The third kappa shape index (κ3) is 9.91. The SMILES string of the molecule is Cc1ccc(-c2c(C)noc2C)cc1N(CCCCCCCCOCC(=O)N[C@H](C(=O)N1CCC[C@H]1C)C(C)(C)C)c1ccc(-n2ccnc2)cc1. The zero-order valence-corrected chi connectivity index (χ0v) is 32.3. The lowest BCUT2D eigenvalue weighted by Gasteiger charge is -2.35.